The van der Waals surface area contributed by atoms with E-state index in [-0.39, 0.29) is 23.5 Å². The monoisotopic (exact) mass is 650 g/mol. The van der Waals surface area contributed by atoms with Gasteiger partial charge in [-0.2, -0.15) is 18.3 Å². The highest BCUT2D eigenvalue weighted by atomic mass is 35.5. The van der Waals surface area contributed by atoms with Gasteiger partial charge in [0.1, 0.15) is 12.3 Å². The second-order valence-corrected chi connectivity index (χ2v) is 12.3. The zero-order chi connectivity index (χ0) is 31.7. The number of carbonyl (C=O) groups is 2. The van der Waals surface area contributed by atoms with E-state index < -0.39 is 44.9 Å². The van der Waals surface area contributed by atoms with Gasteiger partial charge in [0.05, 0.1) is 27.4 Å². The van der Waals surface area contributed by atoms with E-state index in [9.17, 15) is 31.2 Å². The Morgan fingerprint density at radius 3 is 2.32 bits per heavy atom. The minimum atomic E-state index is -4.86. The number of benzene rings is 3. The van der Waals surface area contributed by atoms with Crippen molar-refractivity contribution in [2.24, 2.45) is 5.10 Å². The van der Waals surface area contributed by atoms with Crippen LogP contribution in [-0.4, -0.2) is 45.6 Å². The number of hydrogen-bond donors (Lipinski definition) is 2. The summed E-state index contributed by atoms with van der Waals surface area (Å²) in [6, 6.07) is 16.2. The zero-order valence-corrected chi connectivity index (χ0v) is 25.0. The van der Waals surface area contributed by atoms with Gasteiger partial charge in [-0.1, -0.05) is 49.1 Å². The quantitative estimate of drug-likeness (QED) is 0.209. The molecule has 0 radical (unpaired) electrons. The molecule has 3 aromatic rings. The Balaban J connectivity index is 1.40. The molecule has 0 bridgehead atoms. The molecule has 0 aromatic heterocycles. The number of halogens is 4. The highest BCUT2D eigenvalue weighted by molar-refractivity contribution is 7.92. The molecule has 2 amide bonds. The van der Waals surface area contributed by atoms with E-state index in [2.05, 4.69) is 15.8 Å². The van der Waals surface area contributed by atoms with Crippen LogP contribution in [0.4, 0.5) is 18.9 Å². The Bertz CT molecular complexity index is 1580. The zero-order valence-electron chi connectivity index (χ0n) is 23.4. The maximum absolute atomic E-state index is 13.5. The molecule has 1 aliphatic rings. The topological polar surface area (TPSA) is 117 Å². The number of carbonyl (C=O) groups excluding carboxylic acids is 2. The van der Waals surface area contributed by atoms with Gasteiger partial charge in [-0.3, -0.25) is 13.9 Å². The van der Waals surface area contributed by atoms with Gasteiger partial charge in [-0.05, 0) is 73.0 Å². The van der Waals surface area contributed by atoms with E-state index >= 15 is 0 Å². The molecule has 1 aliphatic carbocycles. The van der Waals surface area contributed by atoms with E-state index in [0.717, 1.165) is 37.8 Å². The SMILES string of the molecule is O=C(CN(c1ccc(Cl)c(C(F)(F)F)c1)S(=O)(=O)c1ccccc1)N/N=C\c1ccc(OCC(=O)NC2CCCCC2)cc1. The molecule has 0 spiro atoms. The first kappa shape index (κ1) is 32.8. The first-order valence-corrected chi connectivity index (χ1v) is 15.5. The van der Waals surface area contributed by atoms with Gasteiger partial charge in [0.15, 0.2) is 6.61 Å². The number of amides is 2. The maximum atomic E-state index is 13.5. The number of nitrogens with one attached hydrogen (secondary N) is 2. The molecular weight excluding hydrogens is 621 g/mol. The summed E-state index contributed by atoms with van der Waals surface area (Å²) in [6.45, 7) is -0.996. The molecule has 1 saturated carbocycles. The van der Waals surface area contributed by atoms with Gasteiger partial charge >= 0.3 is 6.18 Å². The van der Waals surface area contributed by atoms with E-state index in [0.29, 0.717) is 21.7 Å². The van der Waals surface area contributed by atoms with Crippen LogP contribution in [0.25, 0.3) is 0 Å². The van der Waals surface area contributed by atoms with Crippen LogP contribution in [0.15, 0.2) is 82.8 Å². The molecule has 2 N–H and O–H groups in total. The average molecular weight is 651 g/mol. The van der Waals surface area contributed by atoms with Crippen LogP contribution in [0.3, 0.4) is 0 Å². The summed E-state index contributed by atoms with van der Waals surface area (Å²) in [4.78, 5) is 24.7. The van der Waals surface area contributed by atoms with Crippen molar-refractivity contribution in [3.63, 3.8) is 0 Å². The van der Waals surface area contributed by atoms with Crippen LogP contribution in [0.1, 0.15) is 43.2 Å². The van der Waals surface area contributed by atoms with Crippen LogP contribution in [0, 0.1) is 0 Å². The predicted molar refractivity (Wildman–Crippen MR) is 160 cm³/mol. The first-order valence-electron chi connectivity index (χ1n) is 13.7. The lowest BCUT2D eigenvalue weighted by Gasteiger charge is -2.24. The highest BCUT2D eigenvalue weighted by Gasteiger charge is 2.35. The predicted octanol–water partition coefficient (Wildman–Crippen LogP) is 5.53. The fourth-order valence-electron chi connectivity index (χ4n) is 4.58. The third-order valence-corrected chi connectivity index (χ3v) is 8.90. The van der Waals surface area contributed by atoms with Crippen molar-refractivity contribution >= 4 is 45.3 Å². The van der Waals surface area contributed by atoms with Crippen molar-refractivity contribution in [3.8, 4) is 5.75 Å². The van der Waals surface area contributed by atoms with Crippen molar-refractivity contribution in [3.05, 3.63) is 88.9 Å². The number of anilines is 1. The summed E-state index contributed by atoms with van der Waals surface area (Å²) < 4.78 is 73.4. The van der Waals surface area contributed by atoms with Crippen molar-refractivity contribution < 1.29 is 35.9 Å². The number of rotatable bonds is 11. The Morgan fingerprint density at radius 1 is 0.977 bits per heavy atom. The summed E-state index contributed by atoms with van der Waals surface area (Å²) in [5.41, 5.74) is 1.08. The summed E-state index contributed by atoms with van der Waals surface area (Å²) >= 11 is 5.71. The first-order chi connectivity index (χ1) is 20.9. The average Bonchev–Trinajstić information content (AvgIpc) is 3.00. The van der Waals surface area contributed by atoms with Crippen molar-refractivity contribution in [2.45, 2.75) is 49.2 Å². The summed E-state index contributed by atoms with van der Waals surface area (Å²) in [6.07, 6.45) is 1.76. The summed E-state index contributed by atoms with van der Waals surface area (Å²) in [7, 11) is -4.46. The number of nitrogens with zero attached hydrogens (tertiary/aromatic N) is 2. The standard InChI is InChI=1S/C30H30ClF3N4O5S/c31-27-16-13-23(17-26(27)30(32,33)34)38(44(41,42)25-9-5-2-6-10-25)19-28(39)37-35-18-21-11-14-24(15-12-21)43-20-29(40)36-22-7-3-1-4-8-22/h2,5-6,9-18,22H,1,3-4,7-8,19-20H2,(H,36,40)(H,37,39)/b35-18-. The Labute approximate surface area is 258 Å². The number of alkyl halides is 3. The van der Waals surface area contributed by atoms with Crippen LogP contribution >= 0.6 is 11.6 Å². The van der Waals surface area contributed by atoms with Gasteiger partial charge in [0.2, 0.25) is 0 Å². The van der Waals surface area contributed by atoms with E-state index in [1.54, 1.807) is 30.3 Å². The molecule has 4 rings (SSSR count). The largest absolute Gasteiger partial charge is 0.484 e. The van der Waals surface area contributed by atoms with Gasteiger partial charge in [0, 0.05) is 6.04 Å². The third kappa shape index (κ3) is 8.96. The van der Waals surface area contributed by atoms with Crippen LogP contribution in [0.2, 0.25) is 5.02 Å². The minimum Gasteiger partial charge on any atom is -0.484 e. The second kappa shape index (κ2) is 14.6. The van der Waals surface area contributed by atoms with Crippen LogP contribution in [0.5, 0.6) is 5.75 Å². The smallest absolute Gasteiger partial charge is 0.417 e. The molecule has 0 unspecified atom stereocenters. The number of sulfonamides is 1. The van der Waals surface area contributed by atoms with Gasteiger partial charge < -0.3 is 10.1 Å². The van der Waals surface area contributed by atoms with E-state index in [1.165, 1.54) is 36.9 Å². The lowest BCUT2D eigenvalue weighted by atomic mass is 9.95. The van der Waals surface area contributed by atoms with Gasteiger partial charge in [-0.25, -0.2) is 13.8 Å². The Kier molecular flexibility index (Phi) is 10.9. The van der Waals surface area contributed by atoms with E-state index in [1.807, 2.05) is 0 Å². The van der Waals surface area contributed by atoms with Gasteiger partial charge in [0.25, 0.3) is 21.8 Å². The molecular formula is C30H30ClF3N4O5S. The molecule has 234 valence electrons. The molecule has 1 fully saturated rings. The molecule has 9 nitrogen and oxygen atoms in total. The molecule has 0 aliphatic heterocycles. The van der Waals surface area contributed by atoms with Crippen molar-refractivity contribution in [1.29, 1.82) is 0 Å². The summed E-state index contributed by atoms with van der Waals surface area (Å²) in [5, 5.41) is 6.18. The Hall–Kier alpha value is -4.10. The van der Waals surface area contributed by atoms with Gasteiger partial charge in [-0.15, -0.1) is 0 Å². The number of hydrazone groups is 1. The molecule has 0 heterocycles. The molecule has 44 heavy (non-hydrogen) atoms. The number of ether oxygens (including phenoxy) is 1. The van der Waals surface area contributed by atoms with E-state index in [4.69, 9.17) is 16.3 Å². The van der Waals surface area contributed by atoms with Crippen molar-refractivity contribution in [1.82, 2.24) is 10.7 Å². The molecule has 0 atom stereocenters. The van der Waals surface area contributed by atoms with Crippen LogP contribution < -0.4 is 19.8 Å². The van der Waals surface area contributed by atoms with Crippen LogP contribution in [-0.2, 0) is 25.8 Å². The molecule has 0 saturated heterocycles. The third-order valence-electron chi connectivity index (χ3n) is 6.78. The van der Waals surface area contributed by atoms with Crippen molar-refractivity contribution in [2.75, 3.05) is 17.5 Å². The lowest BCUT2D eigenvalue weighted by Crippen LogP contribution is -2.39. The fraction of sp³-hybridized carbons (Fsp3) is 0.300. The molecule has 14 heteroatoms. The fourth-order valence-corrected chi connectivity index (χ4v) is 6.24. The second-order valence-electron chi connectivity index (χ2n) is 10.0. The summed E-state index contributed by atoms with van der Waals surface area (Å²) in [5.74, 6) is -0.650. The maximum Gasteiger partial charge on any atom is 0.417 e. The molecule has 3 aromatic carbocycles. The lowest BCUT2D eigenvalue weighted by molar-refractivity contribution is -0.137. The highest BCUT2D eigenvalue weighted by Crippen LogP contribution is 2.38. The number of hydrogen-bond acceptors (Lipinski definition) is 6. The normalized spacial score (nSPS) is 14.3. The Morgan fingerprint density at radius 2 is 1.66 bits per heavy atom. The minimum absolute atomic E-state index is 0.125.